The molecular weight excluding hydrogens is 348 g/mol. The average Bonchev–Trinajstić information content (AvgIpc) is 3.30. The van der Waals surface area contributed by atoms with Gasteiger partial charge in [0.25, 0.3) is 11.9 Å². The smallest absolute Gasteiger partial charge is 0.280 e. The second-order valence-corrected chi connectivity index (χ2v) is 6.14. The molecule has 0 radical (unpaired) electrons. The van der Waals surface area contributed by atoms with Gasteiger partial charge in [-0.3, -0.25) is 10.1 Å². The van der Waals surface area contributed by atoms with Gasteiger partial charge in [-0.15, -0.1) is 5.10 Å². The monoisotopic (exact) mass is 364 g/mol. The van der Waals surface area contributed by atoms with E-state index < -0.39 is 5.91 Å². The second-order valence-electron chi connectivity index (χ2n) is 6.14. The molecule has 27 heavy (non-hydrogen) atoms. The molecular formula is C18H16N6O3. The number of anilines is 1. The second kappa shape index (κ2) is 6.87. The van der Waals surface area contributed by atoms with E-state index in [1.165, 1.54) is 5.57 Å². The Labute approximate surface area is 153 Å². The van der Waals surface area contributed by atoms with E-state index in [9.17, 15) is 4.79 Å². The zero-order valence-corrected chi connectivity index (χ0v) is 14.7. The van der Waals surface area contributed by atoms with E-state index in [0.29, 0.717) is 17.6 Å². The van der Waals surface area contributed by atoms with Crippen LogP contribution in [0.3, 0.4) is 0 Å². The summed E-state index contributed by atoms with van der Waals surface area (Å²) in [5.74, 6) is 0.347. The highest BCUT2D eigenvalue weighted by atomic mass is 16.5. The number of hydrogen-bond donors (Lipinski definition) is 2. The third-order valence-electron chi connectivity index (χ3n) is 3.95. The minimum absolute atomic E-state index is 0.0649. The molecule has 9 nitrogen and oxygen atoms in total. The van der Waals surface area contributed by atoms with Crippen molar-refractivity contribution >= 4 is 33.6 Å². The molecule has 2 N–H and O–H groups in total. The summed E-state index contributed by atoms with van der Waals surface area (Å²) >= 11 is 0. The summed E-state index contributed by atoms with van der Waals surface area (Å²) in [5.41, 5.74) is 1.88. The first-order valence-corrected chi connectivity index (χ1v) is 8.25. The molecule has 1 amide bonds. The van der Waals surface area contributed by atoms with Gasteiger partial charge >= 0.3 is 0 Å². The Balaban J connectivity index is 1.65. The van der Waals surface area contributed by atoms with E-state index in [2.05, 4.69) is 31.1 Å². The highest BCUT2D eigenvalue weighted by Crippen LogP contribution is 2.30. The highest BCUT2D eigenvalue weighted by molar-refractivity contribution is 6.15. The Bertz CT molecular complexity index is 1140. The van der Waals surface area contributed by atoms with Gasteiger partial charge in [0.1, 0.15) is 12.4 Å². The van der Waals surface area contributed by atoms with Crippen molar-refractivity contribution < 1.29 is 14.1 Å². The van der Waals surface area contributed by atoms with Gasteiger partial charge in [-0.1, -0.05) is 21.9 Å². The summed E-state index contributed by atoms with van der Waals surface area (Å²) in [4.78, 5) is 12.4. The van der Waals surface area contributed by atoms with Crippen LogP contribution in [0.25, 0.3) is 21.7 Å². The first-order valence-electron chi connectivity index (χ1n) is 8.25. The number of tetrazole rings is 1. The Kier molecular flexibility index (Phi) is 4.25. The number of aromatic nitrogens is 5. The van der Waals surface area contributed by atoms with Crippen molar-refractivity contribution in [3.63, 3.8) is 0 Å². The standard InChI is InChI=1S/C18H16N6O3/c1-10(2)7-8-26-12-4-6-13-11(9-12)3-5-14-15(22-27-16(13)14)17(25)19-18-20-23-24-21-18/h3-7,9H,8H2,1-2H3,(H2,19,20,21,23,24,25). The van der Waals surface area contributed by atoms with Crippen molar-refractivity contribution in [2.24, 2.45) is 0 Å². The molecule has 4 rings (SSSR count). The molecule has 9 heteroatoms. The van der Waals surface area contributed by atoms with Crippen LogP contribution < -0.4 is 10.1 Å². The van der Waals surface area contributed by atoms with Crippen molar-refractivity contribution in [1.82, 2.24) is 25.8 Å². The van der Waals surface area contributed by atoms with E-state index in [1.54, 1.807) is 6.07 Å². The summed E-state index contributed by atoms with van der Waals surface area (Å²) in [5, 5.41) is 21.8. The number of benzene rings is 2. The number of nitrogens with zero attached hydrogens (tertiary/aromatic N) is 4. The predicted molar refractivity (Wildman–Crippen MR) is 98.6 cm³/mol. The van der Waals surface area contributed by atoms with E-state index in [-0.39, 0.29) is 11.6 Å². The number of aromatic amines is 1. The fourth-order valence-corrected chi connectivity index (χ4v) is 2.64. The van der Waals surface area contributed by atoms with Crippen LogP contribution in [-0.2, 0) is 0 Å². The maximum atomic E-state index is 12.4. The fraction of sp³-hybridized carbons (Fsp3) is 0.167. The molecule has 2 aromatic heterocycles. The van der Waals surface area contributed by atoms with Crippen molar-refractivity contribution in [2.75, 3.05) is 11.9 Å². The molecule has 0 atom stereocenters. The number of rotatable bonds is 5. The van der Waals surface area contributed by atoms with Gasteiger partial charge in [0.15, 0.2) is 11.3 Å². The number of nitrogens with one attached hydrogen (secondary N) is 2. The van der Waals surface area contributed by atoms with Crippen molar-refractivity contribution in [2.45, 2.75) is 13.8 Å². The van der Waals surface area contributed by atoms with Gasteiger partial charge in [0.05, 0.1) is 5.39 Å². The van der Waals surface area contributed by atoms with Crippen LogP contribution in [-0.4, -0.2) is 38.3 Å². The lowest BCUT2D eigenvalue weighted by Gasteiger charge is -2.05. The van der Waals surface area contributed by atoms with Crippen LogP contribution in [0.1, 0.15) is 24.3 Å². The summed E-state index contributed by atoms with van der Waals surface area (Å²) in [7, 11) is 0. The molecule has 0 aliphatic carbocycles. The Morgan fingerprint density at radius 1 is 1.26 bits per heavy atom. The molecule has 2 heterocycles. The summed E-state index contributed by atoms with van der Waals surface area (Å²) < 4.78 is 11.2. The van der Waals surface area contributed by atoms with E-state index >= 15 is 0 Å². The SMILES string of the molecule is CC(C)=CCOc1ccc2c(ccc3c(C(=O)Nc4nn[nH]n4)noc32)c1. The van der Waals surface area contributed by atoms with Crippen molar-refractivity contribution in [3.05, 3.63) is 47.7 Å². The first kappa shape index (κ1) is 16.7. The number of carbonyl (C=O) groups excluding carboxylic acids is 1. The molecule has 2 aromatic carbocycles. The van der Waals surface area contributed by atoms with Gasteiger partial charge in [-0.2, -0.15) is 5.21 Å². The van der Waals surface area contributed by atoms with Crippen molar-refractivity contribution in [3.8, 4) is 5.75 Å². The molecule has 0 unspecified atom stereocenters. The molecule has 0 saturated heterocycles. The summed E-state index contributed by atoms with van der Waals surface area (Å²) in [6, 6.07) is 9.37. The van der Waals surface area contributed by atoms with Gasteiger partial charge in [-0.05, 0) is 54.8 Å². The minimum Gasteiger partial charge on any atom is -0.490 e. The van der Waals surface area contributed by atoms with Crippen LogP contribution in [0.15, 0.2) is 46.5 Å². The molecule has 0 spiro atoms. The number of hydrogen-bond acceptors (Lipinski definition) is 7. The normalized spacial score (nSPS) is 10.9. The van der Waals surface area contributed by atoms with Gasteiger partial charge in [-0.25, -0.2) is 0 Å². The van der Waals surface area contributed by atoms with Gasteiger partial charge < -0.3 is 9.26 Å². The van der Waals surface area contributed by atoms with Gasteiger partial charge in [0.2, 0.25) is 0 Å². The lowest BCUT2D eigenvalue weighted by Crippen LogP contribution is -2.13. The molecule has 0 bridgehead atoms. The average molecular weight is 364 g/mol. The van der Waals surface area contributed by atoms with Crippen LogP contribution in [0.4, 0.5) is 5.95 Å². The molecule has 0 aliphatic heterocycles. The minimum atomic E-state index is -0.476. The van der Waals surface area contributed by atoms with E-state index in [0.717, 1.165) is 16.5 Å². The zero-order valence-electron chi connectivity index (χ0n) is 14.7. The van der Waals surface area contributed by atoms with Crippen LogP contribution >= 0.6 is 0 Å². The molecule has 0 fully saturated rings. The largest absolute Gasteiger partial charge is 0.490 e. The Morgan fingerprint density at radius 3 is 2.89 bits per heavy atom. The predicted octanol–water partition coefficient (Wildman–Crippen LogP) is 3.09. The summed E-state index contributed by atoms with van der Waals surface area (Å²) in [6.07, 6.45) is 2.01. The molecule has 4 aromatic rings. The van der Waals surface area contributed by atoms with E-state index in [1.807, 2.05) is 44.2 Å². The van der Waals surface area contributed by atoms with Crippen LogP contribution in [0.5, 0.6) is 5.75 Å². The number of carbonyl (C=O) groups is 1. The quantitative estimate of drug-likeness (QED) is 0.522. The maximum Gasteiger partial charge on any atom is 0.280 e. The lowest BCUT2D eigenvalue weighted by molar-refractivity contribution is 0.101. The third kappa shape index (κ3) is 3.34. The van der Waals surface area contributed by atoms with Crippen LogP contribution in [0.2, 0.25) is 0 Å². The molecule has 136 valence electrons. The fourth-order valence-electron chi connectivity index (χ4n) is 2.64. The third-order valence-corrected chi connectivity index (χ3v) is 3.95. The number of ether oxygens (including phenoxy) is 1. The van der Waals surface area contributed by atoms with Crippen LogP contribution in [0, 0.1) is 0 Å². The Morgan fingerprint density at radius 2 is 2.11 bits per heavy atom. The number of allylic oxidation sites excluding steroid dienone is 1. The molecule has 0 aliphatic rings. The van der Waals surface area contributed by atoms with Gasteiger partial charge in [0, 0.05) is 5.39 Å². The van der Waals surface area contributed by atoms with Crippen molar-refractivity contribution in [1.29, 1.82) is 0 Å². The first-order chi connectivity index (χ1) is 13.1. The number of fused-ring (bicyclic) bond motifs is 3. The topological polar surface area (TPSA) is 119 Å². The molecule has 0 saturated carbocycles. The highest BCUT2D eigenvalue weighted by Gasteiger charge is 2.19. The Hall–Kier alpha value is -3.75. The maximum absolute atomic E-state index is 12.4. The lowest BCUT2D eigenvalue weighted by atomic mass is 10.1. The summed E-state index contributed by atoms with van der Waals surface area (Å²) in [6.45, 7) is 4.56. The van der Waals surface area contributed by atoms with E-state index in [4.69, 9.17) is 9.26 Å². The number of H-pyrrole nitrogens is 1. The zero-order chi connectivity index (χ0) is 18.8. The number of amides is 1.